The molecule has 4 rings (SSSR count). The Bertz CT molecular complexity index is 946. The largest absolute Gasteiger partial charge is 0.340 e. The van der Waals surface area contributed by atoms with E-state index in [9.17, 15) is 4.79 Å². The standard InChI is InChI=1S/C19H20N6O/c1-14-5-8-24(9-6-14)19(26)16-10-18(17-12-23(2)13-21-17)25(22-16)15-4-3-7-20-11-15/h3-4,7,10-13H,1,5-6,8-9H2,2H3. The van der Waals surface area contributed by atoms with Crippen LogP contribution in [0.4, 0.5) is 0 Å². The summed E-state index contributed by atoms with van der Waals surface area (Å²) >= 11 is 0. The second-order valence-corrected chi connectivity index (χ2v) is 6.50. The molecule has 4 heterocycles. The summed E-state index contributed by atoms with van der Waals surface area (Å²) in [5.41, 5.74) is 3.93. The highest BCUT2D eigenvalue weighted by Gasteiger charge is 2.24. The van der Waals surface area contributed by atoms with Crippen LogP contribution in [0.1, 0.15) is 23.3 Å². The van der Waals surface area contributed by atoms with Gasteiger partial charge in [0.1, 0.15) is 5.69 Å². The Morgan fingerprint density at radius 2 is 2.08 bits per heavy atom. The van der Waals surface area contributed by atoms with Gasteiger partial charge in [-0.25, -0.2) is 9.67 Å². The Kier molecular flexibility index (Phi) is 4.12. The van der Waals surface area contributed by atoms with Crippen LogP contribution in [0.2, 0.25) is 0 Å². The number of imidazole rings is 1. The molecular weight excluding hydrogens is 328 g/mol. The summed E-state index contributed by atoms with van der Waals surface area (Å²) in [5.74, 6) is -0.0580. The molecular formula is C19H20N6O. The lowest BCUT2D eigenvalue weighted by atomic mass is 10.1. The molecule has 0 unspecified atom stereocenters. The van der Waals surface area contributed by atoms with Gasteiger partial charge < -0.3 is 9.47 Å². The molecule has 0 spiro atoms. The van der Waals surface area contributed by atoms with E-state index in [4.69, 9.17) is 0 Å². The fraction of sp³-hybridized carbons (Fsp3) is 0.263. The van der Waals surface area contributed by atoms with Gasteiger partial charge in [0.2, 0.25) is 0 Å². The van der Waals surface area contributed by atoms with Crippen LogP contribution in [0, 0.1) is 0 Å². The van der Waals surface area contributed by atoms with Gasteiger partial charge in [-0.15, -0.1) is 0 Å². The minimum absolute atomic E-state index is 0.0580. The average Bonchev–Trinajstić information content (AvgIpc) is 3.29. The van der Waals surface area contributed by atoms with Crippen LogP contribution in [0.15, 0.2) is 55.3 Å². The lowest BCUT2D eigenvalue weighted by molar-refractivity contribution is 0.0737. The number of rotatable bonds is 3. The summed E-state index contributed by atoms with van der Waals surface area (Å²) in [6.07, 6.45) is 8.76. The average molecular weight is 348 g/mol. The summed E-state index contributed by atoms with van der Waals surface area (Å²) in [6, 6.07) is 5.56. The van der Waals surface area contributed by atoms with Gasteiger partial charge in [0.05, 0.1) is 23.9 Å². The van der Waals surface area contributed by atoms with Crippen molar-refractivity contribution < 1.29 is 4.79 Å². The molecule has 3 aromatic rings. The van der Waals surface area contributed by atoms with E-state index in [1.165, 1.54) is 5.57 Å². The zero-order valence-corrected chi connectivity index (χ0v) is 14.7. The molecule has 1 amide bonds. The number of aryl methyl sites for hydroxylation is 1. The van der Waals surface area contributed by atoms with E-state index >= 15 is 0 Å². The number of hydrogen-bond acceptors (Lipinski definition) is 4. The molecule has 3 aromatic heterocycles. The van der Waals surface area contributed by atoms with Crippen molar-refractivity contribution in [1.82, 2.24) is 29.2 Å². The molecule has 0 N–H and O–H groups in total. The number of carbonyl (C=O) groups excluding carboxylic acids is 1. The van der Waals surface area contributed by atoms with Crippen LogP contribution >= 0.6 is 0 Å². The summed E-state index contributed by atoms with van der Waals surface area (Å²) in [6.45, 7) is 5.39. The fourth-order valence-electron chi connectivity index (χ4n) is 3.08. The van der Waals surface area contributed by atoms with Crippen LogP contribution in [-0.4, -0.2) is 48.2 Å². The third-order valence-electron chi connectivity index (χ3n) is 4.54. The van der Waals surface area contributed by atoms with Gasteiger partial charge in [-0.05, 0) is 31.0 Å². The van der Waals surface area contributed by atoms with Crippen LogP contribution in [0.5, 0.6) is 0 Å². The molecule has 0 bridgehead atoms. The van der Waals surface area contributed by atoms with Crippen molar-refractivity contribution in [3.8, 4) is 17.1 Å². The lowest BCUT2D eigenvalue weighted by Crippen LogP contribution is -2.36. The number of likely N-dealkylation sites (tertiary alicyclic amines) is 1. The smallest absolute Gasteiger partial charge is 0.274 e. The van der Waals surface area contributed by atoms with E-state index < -0.39 is 0 Å². The summed E-state index contributed by atoms with van der Waals surface area (Å²) in [7, 11) is 1.91. The van der Waals surface area contributed by atoms with Gasteiger partial charge in [-0.2, -0.15) is 5.10 Å². The molecule has 1 fully saturated rings. The maximum Gasteiger partial charge on any atom is 0.274 e. The zero-order chi connectivity index (χ0) is 18.1. The fourth-order valence-corrected chi connectivity index (χ4v) is 3.08. The Hall–Kier alpha value is -3.22. The zero-order valence-electron chi connectivity index (χ0n) is 14.7. The van der Waals surface area contributed by atoms with E-state index in [1.54, 1.807) is 29.5 Å². The van der Waals surface area contributed by atoms with Crippen LogP contribution in [0.25, 0.3) is 17.1 Å². The summed E-state index contributed by atoms with van der Waals surface area (Å²) < 4.78 is 3.60. The number of carbonyl (C=O) groups is 1. The summed E-state index contributed by atoms with van der Waals surface area (Å²) in [4.78, 5) is 23.3. The van der Waals surface area contributed by atoms with E-state index in [-0.39, 0.29) is 5.91 Å². The number of nitrogens with zero attached hydrogens (tertiary/aromatic N) is 6. The third-order valence-corrected chi connectivity index (χ3v) is 4.54. The van der Waals surface area contributed by atoms with Crippen molar-refractivity contribution in [3.63, 3.8) is 0 Å². The molecule has 0 aromatic carbocycles. The van der Waals surface area contributed by atoms with Crippen molar-refractivity contribution in [2.45, 2.75) is 12.8 Å². The molecule has 0 atom stereocenters. The van der Waals surface area contributed by atoms with E-state index in [2.05, 4.69) is 21.6 Å². The van der Waals surface area contributed by atoms with Crippen LogP contribution in [-0.2, 0) is 7.05 Å². The molecule has 1 saturated heterocycles. The van der Waals surface area contributed by atoms with Crippen molar-refractivity contribution in [3.05, 3.63) is 61.0 Å². The SMILES string of the molecule is C=C1CCN(C(=O)c2cc(-c3cn(C)cn3)n(-c3cccnc3)n2)CC1. The van der Waals surface area contributed by atoms with Crippen molar-refractivity contribution in [2.24, 2.45) is 7.05 Å². The second-order valence-electron chi connectivity index (χ2n) is 6.50. The monoisotopic (exact) mass is 348 g/mol. The lowest BCUT2D eigenvalue weighted by Gasteiger charge is -2.27. The van der Waals surface area contributed by atoms with Gasteiger partial charge in [0, 0.05) is 32.5 Å². The predicted octanol–water partition coefficient (Wildman–Crippen LogP) is 2.46. The van der Waals surface area contributed by atoms with Crippen LogP contribution < -0.4 is 0 Å². The number of piperidine rings is 1. The molecule has 0 aliphatic carbocycles. The maximum atomic E-state index is 12.9. The topological polar surface area (TPSA) is 68.8 Å². The quantitative estimate of drug-likeness (QED) is 0.682. The molecule has 0 radical (unpaired) electrons. The highest BCUT2D eigenvalue weighted by atomic mass is 16.2. The molecule has 7 heteroatoms. The third kappa shape index (κ3) is 3.03. The van der Waals surface area contributed by atoms with Gasteiger partial charge in [-0.3, -0.25) is 9.78 Å². The maximum absolute atomic E-state index is 12.9. The molecule has 1 aliphatic rings. The van der Waals surface area contributed by atoms with Gasteiger partial charge >= 0.3 is 0 Å². The molecule has 1 aliphatic heterocycles. The van der Waals surface area contributed by atoms with Crippen LogP contribution in [0.3, 0.4) is 0 Å². The number of amides is 1. The Morgan fingerprint density at radius 3 is 2.73 bits per heavy atom. The number of pyridine rings is 1. The minimum Gasteiger partial charge on any atom is -0.340 e. The first kappa shape index (κ1) is 16.3. The predicted molar refractivity (Wildman–Crippen MR) is 97.8 cm³/mol. The minimum atomic E-state index is -0.0580. The summed E-state index contributed by atoms with van der Waals surface area (Å²) in [5, 5.41) is 4.57. The van der Waals surface area contributed by atoms with Gasteiger partial charge in [-0.1, -0.05) is 12.2 Å². The first-order valence-electron chi connectivity index (χ1n) is 8.56. The highest BCUT2D eigenvalue weighted by molar-refractivity contribution is 5.93. The normalized spacial score (nSPS) is 14.7. The Balaban J connectivity index is 1.74. The Morgan fingerprint density at radius 1 is 1.27 bits per heavy atom. The highest BCUT2D eigenvalue weighted by Crippen LogP contribution is 2.24. The Labute approximate surface area is 151 Å². The van der Waals surface area contributed by atoms with Gasteiger partial charge in [0.15, 0.2) is 5.69 Å². The number of hydrogen-bond donors (Lipinski definition) is 0. The molecule has 26 heavy (non-hydrogen) atoms. The second kappa shape index (κ2) is 6.59. The van der Waals surface area contributed by atoms with Crippen molar-refractivity contribution >= 4 is 5.91 Å². The van der Waals surface area contributed by atoms with E-state index in [1.807, 2.05) is 34.8 Å². The molecule has 0 saturated carbocycles. The van der Waals surface area contributed by atoms with Gasteiger partial charge in [0.25, 0.3) is 5.91 Å². The van der Waals surface area contributed by atoms with Crippen molar-refractivity contribution in [1.29, 1.82) is 0 Å². The number of aromatic nitrogens is 5. The van der Waals surface area contributed by atoms with Crippen molar-refractivity contribution in [2.75, 3.05) is 13.1 Å². The van der Waals surface area contributed by atoms with E-state index in [0.29, 0.717) is 18.8 Å². The first-order chi connectivity index (χ1) is 12.6. The molecule has 132 valence electrons. The first-order valence-corrected chi connectivity index (χ1v) is 8.56. The van der Waals surface area contributed by atoms with E-state index in [0.717, 1.165) is 29.9 Å². The molecule has 7 nitrogen and oxygen atoms in total.